The Morgan fingerprint density at radius 2 is 2.24 bits per heavy atom. The average molecular weight is 246 g/mol. The van der Waals surface area contributed by atoms with Crippen molar-refractivity contribution in [3.05, 3.63) is 24.3 Å². The van der Waals surface area contributed by atoms with Crippen LogP contribution in [0.5, 0.6) is 0 Å². The fourth-order valence-corrected chi connectivity index (χ4v) is 3.08. The molecule has 1 heterocycles. The second kappa shape index (κ2) is 5.24. The highest BCUT2D eigenvalue weighted by Gasteiger charge is 2.31. The van der Waals surface area contributed by atoms with Crippen LogP contribution in [-0.4, -0.2) is 17.7 Å². The van der Waals surface area contributed by atoms with Crippen molar-refractivity contribution in [2.24, 2.45) is 0 Å². The normalized spacial score (nSPS) is 18.7. The number of anilines is 1. The number of carbonyl (C=O) groups is 1. The number of fused-ring (bicyclic) bond motifs is 1. The lowest BCUT2D eigenvalue weighted by Crippen LogP contribution is -2.41. The molecule has 1 atom stereocenters. The molecule has 1 amide bonds. The molecule has 0 spiro atoms. The van der Waals surface area contributed by atoms with Crippen LogP contribution in [0.3, 0.4) is 0 Å². The Bertz CT molecular complexity index is 467. The first kappa shape index (κ1) is 12.0. The first-order chi connectivity index (χ1) is 8.27. The van der Waals surface area contributed by atoms with Crippen molar-refractivity contribution in [2.75, 3.05) is 11.4 Å². The number of rotatable bonds is 3. The van der Waals surface area contributed by atoms with Crippen LogP contribution in [0.1, 0.15) is 19.8 Å². The third-order valence-electron chi connectivity index (χ3n) is 2.78. The molecule has 1 aromatic rings. The molecule has 0 fully saturated rings. The molecule has 0 radical (unpaired) electrons. The third-order valence-corrected chi connectivity index (χ3v) is 4.20. The van der Waals surface area contributed by atoms with Crippen LogP contribution in [0.2, 0.25) is 0 Å². The molecule has 0 aliphatic carbocycles. The average Bonchev–Trinajstić information content (AvgIpc) is 2.37. The summed E-state index contributed by atoms with van der Waals surface area (Å²) in [7, 11) is 0. The molecule has 17 heavy (non-hydrogen) atoms. The van der Waals surface area contributed by atoms with E-state index in [1.807, 2.05) is 31.2 Å². The van der Waals surface area contributed by atoms with Crippen molar-refractivity contribution in [3.8, 4) is 6.07 Å². The SMILES string of the molecule is CCC1Sc2ccccc2N(CCC#N)C1=O. The number of carbonyl (C=O) groups excluding carboxylic acids is 1. The maximum absolute atomic E-state index is 12.2. The van der Waals surface area contributed by atoms with Gasteiger partial charge >= 0.3 is 0 Å². The number of amides is 1. The number of benzene rings is 1. The Balaban J connectivity index is 2.34. The molecule has 0 saturated carbocycles. The number of hydrogen-bond acceptors (Lipinski definition) is 3. The smallest absolute Gasteiger partial charge is 0.240 e. The molecule has 1 aromatic carbocycles. The van der Waals surface area contributed by atoms with E-state index in [9.17, 15) is 4.79 Å². The summed E-state index contributed by atoms with van der Waals surface area (Å²) in [6, 6.07) is 9.99. The molecule has 0 N–H and O–H groups in total. The number of nitrogens with zero attached hydrogens (tertiary/aromatic N) is 2. The van der Waals surface area contributed by atoms with Crippen LogP contribution in [-0.2, 0) is 4.79 Å². The van der Waals surface area contributed by atoms with Crippen LogP contribution in [0.15, 0.2) is 29.2 Å². The van der Waals surface area contributed by atoms with E-state index in [4.69, 9.17) is 5.26 Å². The van der Waals surface area contributed by atoms with Gasteiger partial charge in [0.05, 0.1) is 23.4 Å². The lowest BCUT2D eigenvalue weighted by atomic mass is 10.2. The second-order valence-corrected chi connectivity index (χ2v) is 5.13. The van der Waals surface area contributed by atoms with Crippen molar-refractivity contribution in [3.63, 3.8) is 0 Å². The van der Waals surface area contributed by atoms with E-state index in [-0.39, 0.29) is 11.2 Å². The van der Waals surface area contributed by atoms with Gasteiger partial charge in [-0.1, -0.05) is 19.1 Å². The molecule has 1 aliphatic heterocycles. The third kappa shape index (κ3) is 2.29. The molecule has 0 bridgehead atoms. The summed E-state index contributed by atoms with van der Waals surface area (Å²) in [4.78, 5) is 15.1. The van der Waals surface area contributed by atoms with Gasteiger partial charge in [-0.2, -0.15) is 5.26 Å². The summed E-state index contributed by atoms with van der Waals surface area (Å²) in [5.74, 6) is 0.131. The highest BCUT2D eigenvalue weighted by Crippen LogP contribution is 2.39. The van der Waals surface area contributed by atoms with E-state index < -0.39 is 0 Å². The lowest BCUT2D eigenvalue weighted by Gasteiger charge is -2.32. The Morgan fingerprint density at radius 3 is 2.94 bits per heavy atom. The summed E-state index contributed by atoms with van der Waals surface area (Å²) < 4.78 is 0. The highest BCUT2D eigenvalue weighted by atomic mass is 32.2. The predicted molar refractivity (Wildman–Crippen MR) is 69.0 cm³/mol. The van der Waals surface area contributed by atoms with Gasteiger partial charge in [0, 0.05) is 11.4 Å². The minimum atomic E-state index is -0.0106. The summed E-state index contributed by atoms with van der Waals surface area (Å²) in [5.41, 5.74) is 0.947. The van der Waals surface area contributed by atoms with Crippen LogP contribution < -0.4 is 4.90 Å². The van der Waals surface area contributed by atoms with E-state index in [0.29, 0.717) is 13.0 Å². The minimum Gasteiger partial charge on any atom is -0.309 e. The Kier molecular flexibility index (Phi) is 3.70. The van der Waals surface area contributed by atoms with Gasteiger partial charge in [-0.3, -0.25) is 4.79 Å². The van der Waals surface area contributed by atoms with Crippen LogP contribution in [0, 0.1) is 11.3 Å². The molecule has 2 rings (SSSR count). The number of hydrogen-bond donors (Lipinski definition) is 0. The zero-order valence-corrected chi connectivity index (χ0v) is 10.5. The van der Waals surface area contributed by atoms with E-state index in [1.165, 1.54) is 0 Å². The van der Waals surface area contributed by atoms with Crippen molar-refractivity contribution >= 4 is 23.4 Å². The van der Waals surface area contributed by atoms with Crippen molar-refractivity contribution in [1.82, 2.24) is 0 Å². The molecule has 1 unspecified atom stereocenters. The zero-order chi connectivity index (χ0) is 12.3. The van der Waals surface area contributed by atoms with Gasteiger partial charge in [0.1, 0.15) is 0 Å². The first-order valence-electron chi connectivity index (χ1n) is 5.72. The number of nitriles is 1. The van der Waals surface area contributed by atoms with E-state index in [0.717, 1.165) is 17.0 Å². The fourth-order valence-electron chi connectivity index (χ4n) is 1.93. The van der Waals surface area contributed by atoms with Crippen molar-refractivity contribution < 1.29 is 4.79 Å². The summed E-state index contributed by atoms with van der Waals surface area (Å²) in [6.07, 6.45) is 1.20. The monoisotopic (exact) mass is 246 g/mol. The Morgan fingerprint density at radius 1 is 1.47 bits per heavy atom. The molecule has 0 aromatic heterocycles. The van der Waals surface area contributed by atoms with Gasteiger partial charge in [-0.25, -0.2) is 0 Å². The van der Waals surface area contributed by atoms with Crippen molar-refractivity contribution in [1.29, 1.82) is 5.26 Å². The van der Waals surface area contributed by atoms with Gasteiger partial charge in [0.25, 0.3) is 0 Å². The van der Waals surface area contributed by atoms with E-state index in [1.54, 1.807) is 16.7 Å². The molecular weight excluding hydrogens is 232 g/mol. The molecule has 4 heteroatoms. The van der Waals surface area contributed by atoms with Crippen LogP contribution in [0.25, 0.3) is 0 Å². The minimum absolute atomic E-state index is 0.0106. The van der Waals surface area contributed by atoms with Gasteiger partial charge in [0.15, 0.2) is 0 Å². The largest absolute Gasteiger partial charge is 0.309 e. The predicted octanol–water partition coefficient (Wildman–Crippen LogP) is 2.82. The summed E-state index contributed by atoms with van der Waals surface area (Å²) in [5, 5.41) is 8.65. The Hall–Kier alpha value is -1.47. The van der Waals surface area contributed by atoms with Gasteiger partial charge in [0.2, 0.25) is 5.91 Å². The molecule has 0 saturated heterocycles. The second-order valence-electron chi connectivity index (χ2n) is 3.88. The molecular formula is C13H14N2OS. The van der Waals surface area contributed by atoms with E-state index >= 15 is 0 Å². The standard InChI is InChI=1S/C13H14N2OS/c1-2-11-13(16)15(9-5-8-14)10-6-3-4-7-12(10)17-11/h3-4,6-7,11H,2,5,9H2,1H3. The fraction of sp³-hybridized carbons (Fsp3) is 0.385. The quantitative estimate of drug-likeness (QED) is 0.823. The van der Waals surface area contributed by atoms with Crippen LogP contribution in [0.4, 0.5) is 5.69 Å². The number of thioether (sulfide) groups is 1. The van der Waals surface area contributed by atoms with E-state index in [2.05, 4.69) is 6.07 Å². The van der Waals surface area contributed by atoms with Gasteiger partial charge in [-0.05, 0) is 18.6 Å². The maximum atomic E-state index is 12.2. The topological polar surface area (TPSA) is 44.1 Å². The maximum Gasteiger partial charge on any atom is 0.240 e. The van der Waals surface area contributed by atoms with Gasteiger partial charge < -0.3 is 4.90 Å². The molecule has 88 valence electrons. The highest BCUT2D eigenvalue weighted by molar-refractivity contribution is 8.01. The first-order valence-corrected chi connectivity index (χ1v) is 6.60. The summed E-state index contributed by atoms with van der Waals surface area (Å²) in [6.45, 7) is 2.51. The molecule has 3 nitrogen and oxygen atoms in total. The zero-order valence-electron chi connectivity index (χ0n) is 9.72. The lowest BCUT2D eigenvalue weighted by molar-refractivity contribution is -0.118. The number of para-hydroxylation sites is 1. The molecule has 1 aliphatic rings. The Labute approximate surface area is 105 Å². The van der Waals surface area contributed by atoms with Crippen molar-refractivity contribution in [2.45, 2.75) is 29.9 Å². The van der Waals surface area contributed by atoms with Crippen LogP contribution >= 0.6 is 11.8 Å². The van der Waals surface area contributed by atoms with Gasteiger partial charge in [-0.15, -0.1) is 11.8 Å². The summed E-state index contributed by atoms with van der Waals surface area (Å²) >= 11 is 1.63.